The fourth-order valence-corrected chi connectivity index (χ4v) is 2.98. The lowest BCUT2D eigenvalue weighted by molar-refractivity contribution is -0.152. The molecule has 0 aromatic rings. The number of amides is 2. The van der Waals surface area contributed by atoms with Crippen molar-refractivity contribution in [3.63, 3.8) is 0 Å². The molecular weight excluding hydrogens is 294 g/mol. The van der Waals surface area contributed by atoms with E-state index < -0.39 is 23.1 Å². The molecule has 0 aliphatic carbocycles. The quantitative estimate of drug-likeness (QED) is 0.781. The highest BCUT2D eigenvalue weighted by atomic mass is 16.2. The van der Waals surface area contributed by atoms with Crippen LogP contribution in [0.2, 0.25) is 0 Å². The fraction of sp³-hybridized carbons (Fsp3) is 0.706. The SMILES string of the molecule is CCC1NC=CN1C(=O)[C@@H]1CCCN1C(=O)C(=O)C(C)(C)CC. The molecule has 128 valence electrons. The van der Waals surface area contributed by atoms with Gasteiger partial charge in [-0.15, -0.1) is 0 Å². The van der Waals surface area contributed by atoms with Crippen molar-refractivity contribution < 1.29 is 14.4 Å². The van der Waals surface area contributed by atoms with Crippen molar-refractivity contribution in [2.75, 3.05) is 6.54 Å². The summed E-state index contributed by atoms with van der Waals surface area (Å²) in [4.78, 5) is 41.0. The summed E-state index contributed by atoms with van der Waals surface area (Å²) in [5.41, 5.74) is -0.686. The highest BCUT2D eigenvalue weighted by molar-refractivity contribution is 6.38. The predicted molar refractivity (Wildman–Crippen MR) is 87.0 cm³/mol. The summed E-state index contributed by atoms with van der Waals surface area (Å²) in [7, 11) is 0. The predicted octanol–water partition coefficient (Wildman–Crippen LogP) is 1.62. The van der Waals surface area contributed by atoms with E-state index in [2.05, 4.69) is 5.32 Å². The summed E-state index contributed by atoms with van der Waals surface area (Å²) >= 11 is 0. The van der Waals surface area contributed by atoms with Crippen LogP contribution in [0.15, 0.2) is 12.4 Å². The highest BCUT2D eigenvalue weighted by Crippen LogP contribution is 2.27. The highest BCUT2D eigenvalue weighted by Gasteiger charge is 2.43. The van der Waals surface area contributed by atoms with E-state index in [0.29, 0.717) is 19.4 Å². The maximum Gasteiger partial charge on any atom is 0.291 e. The topological polar surface area (TPSA) is 69.7 Å². The number of likely N-dealkylation sites (tertiary alicyclic amines) is 1. The minimum atomic E-state index is -0.686. The number of nitrogens with zero attached hydrogens (tertiary/aromatic N) is 2. The van der Waals surface area contributed by atoms with E-state index in [-0.39, 0.29) is 12.1 Å². The van der Waals surface area contributed by atoms with Crippen molar-refractivity contribution in [3.05, 3.63) is 12.4 Å². The zero-order chi connectivity index (χ0) is 17.2. The van der Waals surface area contributed by atoms with Crippen LogP contribution in [-0.4, -0.2) is 46.1 Å². The first-order chi connectivity index (χ1) is 10.8. The summed E-state index contributed by atoms with van der Waals surface area (Å²) in [5.74, 6) is -1.02. The molecule has 23 heavy (non-hydrogen) atoms. The molecule has 6 nitrogen and oxygen atoms in total. The summed E-state index contributed by atoms with van der Waals surface area (Å²) in [6, 6.07) is -0.530. The molecule has 0 radical (unpaired) electrons. The van der Waals surface area contributed by atoms with Crippen LogP contribution in [0.5, 0.6) is 0 Å². The van der Waals surface area contributed by atoms with E-state index in [1.54, 1.807) is 31.1 Å². The average molecular weight is 321 g/mol. The van der Waals surface area contributed by atoms with Crippen LogP contribution < -0.4 is 5.32 Å². The van der Waals surface area contributed by atoms with E-state index in [0.717, 1.165) is 12.8 Å². The summed E-state index contributed by atoms with van der Waals surface area (Å²) in [6.07, 6.45) is 6.15. The first-order valence-corrected chi connectivity index (χ1v) is 8.43. The van der Waals surface area contributed by atoms with Gasteiger partial charge in [0, 0.05) is 24.4 Å². The normalized spacial score (nSPS) is 24.0. The molecule has 1 saturated heterocycles. The Kier molecular flexibility index (Phi) is 5.12. The number of carbonyl (C=O) groups excluding carboxylic acids is 3. The summed E-state index contributed by atoms with van der Waals surface area (Å²) < 4.78 is 0. The van der Waals surface area contributed by atoms with Gasteiger partial charge in [-0.3, -0.25) is 19.3 Å². The van der Waals surface area contributed by atoms with Crippen LogP contribution >= 0.6 is 0 Å². The second-order valence-corrected chi connectivity index (χ2v) is 6.88. The number of carbonyl (C=O) groups is 3. The third-order valence-electron chi connectivity index (χ3n) is 4.99. The zero-order valence-electron chi connectivity index (χ0n) is 14.5. The lowest BCUT2D eigenvalue weighted by atomic mass is 9.84. The van der Waals surface area contributed by atoms with Gasteiger partial charge in [-0.05, 0) is 25.7 Å². The van der Waals surface area contributed by atoms with Gasteiger partial charge in [0.1, 0.15) is 12.2 Å². The van der Waals surface area contributed by atoms with E-state index >= 15 is 0 Å². The van der Waals surface area contributed by atoms with Crippen LogP contribution in [0.4, 0.5) is 0 Å². The summed E-state index contributed by atoms with van der Waals surface area (Å²) in [6.45, 7) is 7.92. The molecule has 0 spiro atoms. The van der Waals surface area contributed by atoms with Crippen LogP contribution in [0.1, 0.15) is 53.4 Å². The van der Waals surface area contributed by atoms with Crippen molar-refractivity contribution in [1.82, 2.24) is 15.1 Å². The molecule has 1 unspecified atom stereocenters. The van der Waals surface area contributed by atoms with Crippen LogP contribution in [0.25, 0.3) is 0 Å². The largest absolute Gasteiger partial charge is 0.370 e. The van der Waals surface area contributed by atoms with Crippen LogP contribution in [-0.2, 0) is 14.4 Å². The molecule has 0 saturated carbocycles. The lowest BCUT2D eigenvalue weighted by Crippen LogP contribution is -2.52. The number of hydrogen-bond donors (Lipinski definition) is 1. The lowest BCUT2D eigenvalue weighted by Gasteiger charge is -2.31. The number of rotatable bonds is 5. The first-order valence-electron chi connectivity index (χ1n) is 8.43. The minimum Gasteiger partial charge on any atom is -0.370 e. The second kappa shape index (κ2) is 6.72. The van der Waals surface area contributed by atoms with Gasteiger partial charge in [0.15, 0.2) is 0 Å². The molecular formula is C17H27N3O3. The third-order valence-corrected chi connectivity index (χ3v) is 4.99. The van der Waals surface area contributed by atoms with Crippen molar-refractivity contribution in [2.45, 2.75) is 65.6 Å². The van der Waals surface area contributed by atoms with Gasteiger partial charge in [0.25, 0.3) is 11.8 Å². The number of hydrogen-bond acceptors (Lipinski definition) is 4. The average Bonchev–Trinajstić information content (AvgIpc) is 3.21. The molecule has 2 heterocycles. The smallest absolute Gasteiger partial charge is 0.291 e. The van der Waals surface area contributed by atoms with E-state index in [1.165, 1.54) is 4.90 Å². The summed E-state index contributed by atoms with van der Waals surface area (Å²) in [5, 5.41) is 3.12. The van der Waals surface area contributed by atoms with Crippen molar-refractivity contribution in [1.29, 1.82) is 0 Å². The van der Waals surface area contributed by atoms with Gasteiger partial charge in [-0.25, -0.2) is 0 Å². The molecule has 2 rings (SSSR count). The van der Waals surface area contributed by atoms with E-state index in [4.69, 9.17) is 0 Å². The van der Waals surface area contributed by atoms with Gasteiger partial charge >= 0.3 is 0 Å². The van der Waals surface area contributed by atoms with Crippen molar-refractivity contribution >= 4 is 17.6 Å². The van der Waals surface area contributed by atoms with Gasteiger partial charge in [-0.1, -0.05) is 27.7 Å². The molecule has 0 aromatic carbocycles. The molecule has 2 atom stereocenters. The number of nitrogens with one attached hydrogen (secondary N) is 1. The monoisotopic (exact) mass is 321 g/mol. The Morgan fingerprint density at radius 3 is 2.57 bits per heavy atom. The standard InChI is InChI=1S/C17H27N3O3/c1-5-13-18-9-11-20(13)15(22)12-8-7-10-19(12)16(23)14(21)17(3,4)6-2/h9,11-13,18H,5-8,10H2,1-4H3/t12-,13?/m0/s1. The van der Waals surface area contributed by atoms with Crippen molar-refractivity contribution in [2.24, 2.45) is 5.41 Å². The Morgan fingerprint density at radius 2 is 1.96 bits per heavy atom. The Balaban J connectivity index is 2.14. The Morgan fingerprint density at radius 1 is 1.26 bits per heavy atom. The Hall–Kier alpha value is -1.85. The zero-order valence-corrected chi connectivity index (χ0v) is 14.5. The molecule has 0 aromatic heterocycles. The first kappa shape index (κ1) is 17.5. The molecule has 2 amide bonds. The van der Waals surface area contributed by atoms with Crippen molar-refractivity contribution in [3.8, 4) is 0 Å². The maximum absolute atomic E-state index is 12.8. The molecule has 2 aliphatic heterocycles. The number of ketones is 1. The van der Waals surface area contributed by atoms with E-state index in [1.807, 2.05) is 13.8 Å². The Bertz CT molecular complexity index is 527. The van der Waals surface area contributed by atoms with E-state index in [9.17, 15) is 14.4 Å². The minimum absolute atomic E-state index is 0.0668. The molecule has 0 bridgehead atoms. The van der Waals surface area contributed by atoms with Gasteiger partial charge in [-0.2, -0.15) is 0 Å². The maximum atomic E-state index is 12.8. The van der Waals surface area contributed by atoms with Crippen LogP contribution in [0.3, 0.4) is 0 Å². The molecule has 1 fully saturated rings. The molecule has 1 N–H and O–H groups in total. The number of Topliss-reactive ketones (excluding diaryl/α,β-unsaturated/α-hetero) is 1. The van der Waals surface area contributed by atoms with Gasteiger partial charge in [0.05, 0.1) is 0 Å². The van der Waals surface area contributed by atoms with Gasteiger partial charge < -0.3 is 10.2 Å². The third kappa shape index (κ3) is 3.26. The van der Waals surface area contributed by atoms with Crippen LogP contribution in [0, 0.1) is 5.41 Å². The fourth-order valence-electron chi connectivity index (χ4n) is 2.98. The molecule has 6 heteroatoms. The molecule has 2 aliphatic rings. The Labute approximate surface area is 137 Å². The van der Waals surface area contributed by atoms with Gasteiger partial charge in [0.2, 0.25) is 5.78 Å². The second-order valence-electron chi connectivity index (χ2n) is 6.88.